The summed E-state index contributed by atoms with van der Waals surface area (Å²) in [5, 5.41) is 6.67. The van der Waals surface area contributed by atoms with Crippen LogP contribution in [-0.4, -0.2) is 34.0 Å². The van der Waals surface area contributed by atoms with Crippen molar-refractivity contribution in [3.05, 3.63) is 47.4 Å². The molecular formula is C23H26N4S2. The lowest BCUT2D eigenvalue weighted by Gasteiger charge is -2.39. The second kappa shape index (κ2) is 8.78. The van der Waals surface area contributed by atoms with Crippen molar-refractivity contribution in [2.45, 2.75) is 44.6 Å². The van der Waals surface area contributed by atoms with E-state index in [2.05, 4.69) is 49.8 Å². The molecule has 0 radical (unpaired) electrons. The van der Waals surface area contributed by atoms with Crippen molar-refractivity contribution in [2.75, 3.05) is 18.4 Å². The third-order valence-electron chi connectivity index (χ3n) is 5.96. The summed E-state index contributed by atoms with van der Waals surface area (Å²) in [6, 6.07) is 11.3. The van der Waals surface area contributed by atoms with Crippen LogP contribution in [0.5, 0.6) is 0 Å². The minimum absolute atomic E-state index is 0.988. The minimum atomic E-state index is 0.988. The molecule has 0 amide bonds. The second-order valence-electron chi connectivity index (χ2n) is 7.84. The molecule has 0 saturated carbocycles. The standard InChI is InChI=1S/C14H9N3S2.C9H17N/c1-2-13-12(16-8-19-13)7-9(1)17-11-3-5-15-14-10(11)4-6-18-14;1-3-7-10-8-4-2-6-9(10)5-1/h1-8H,(H,15,17);9H,1-8H2. The zero-order valence-corrected chi connectivity index (χ0v) is 18.1. The quantitative estimate of drug-likeness (QED) is 0.391. The Balaban J connectivity index is 0.000000153. The molecule has 0 unspecified atom stereocenters. The van der Waals surface area contributed by atoms with E-state index >= 15 is 0 Å². The number of pyridine rings is 1. The van der Waals surface area contributed by atoms with Gasteiger partial charge in [0.1, 0.15) is 4.83 Å². The van der Waals surface area contributed by atoms with E-state index < -0.39 is 0 Å². The Morgan fingerprint density at radius 2 is 1.79 bits per heavy atom. The Labute approximate surface area is 179 Å². The van der Waals surface area contributed by atoms with E-state index in [0.29, 0.717) is 0 Å². The van der Waals surface area contributed by atoms with Crippen LogP contribution >= 0.6 is 22.7 Å². The van der Waals surface area contributed by atoms with Crippen molar-refractivity contribution < 1.29 is 0 Å². The number of rotatable bonds is 2. The molecule has 0 bridgehead atoms. The molecule has 4 aromatic rings. The number of fused-ring (bicyclic) bond motifs is 3. The van der Waals surface area contributed by atoms with Gasteiger partial charge in [-0.05, 0) is 74.5 Å². The highest BCUT2D eigenvalue weighted by Crippen LogP contribution is 2.30. The maximum atomic E-state index is 4.35. The number of nitrogens with one attached hydrogen (secondary N) is 1. The van der Waals surface area contributed by atoms with Crippen LogP contribution in [0.4, 0.5) is 11.4 Å². The van der Waals surface area contributed by atoms with Gasteiger partial charge < -0.3 is 10.2 Å². The molecule has 2 aliphatic heterocycles. The molecule has 2 fully saturated rings. The first-order chi connectivity index (χ1) is 14.4. The van der Waals surface area contributed by atoms with E-state index in [1.807, 2.05) is 17.8 Å². The summed E-state index contributed by atoms with van der Waals surface area (Å²) in [5.74, 6) is 0. The fraction of sp³-hybridized carbons (Fsp3) is 0.391. The maximum absolute atomic E-state index is 4.35. The third-order valence-corrected chi connectivity index (χ3v) is 7.59. The van der Waals surface area contributed by atoms with Gasteiger partial charge in [0, 0.05) is 23.3 Å². The molecule has 0 spiro atoms. The van der Waals surface area contributed by atoms with Crippen molar-refractivity contribution in [1.29, 1.82) is 0 Å². The summed E-state index contributed by atoms with van der Waals surface area (Å²) >= 11 is 3.31. The largest absolute Gasteiger partial charge is 0.355 e. The molecule has 3 aromatic heterocycles. The number of thiophene rings is 1. The first-order valence-electron chi connectivity index (χ1n) is 10.5. The van der Waals surface area contributed by atoms with E-state index in [1.54, 1.807) is 22.7 Å². The van der Waals surface area contributed by atoms with E-state index in [9.17, 15) is 0 Å². The van der Waals surface area contributed by atoms with Crippen LogP contribution in [0.15, 0.2) is 47.4 Å². The van der Waals surface area contributed by atoms with Gasteiger partial charge in [0.15, 0.2) is 0 Å². The van der Waals surface area contributed by atoms with Gasteiger partial charge in [0.2, 0.25) is 0 Å². The van der Waals surface area contributed by atoms with Crippen LogP contribution in [-0.2, 0) is 0 Å². The lowest BCUT2D eigenvalue weighted by molar-refractivity contribution is 0.109. The average Bonchev–Trinajstić information content (AvgIpc) is 3.44. The summed E-state index contributed by atoms with van der Waals surface area (Å²) in [6.45, 7) is 2.79. The zero-order valence-electron chi connectivity index (χ0n) is 16.5. The molecule has 4 nitrogen and oxygen atoms in total. The molecule has 6 heteroatoms. The molecule has 6 rings (SSSR count). The van der Waals surface area contributed by atoms with E-state index in [4.69, 9.17) is 0 Å². The van der Waals surface area contributed by atoms with E-state index in [0.717, 1.165) is 33.1 Å². The number of benzene rings is 1. The molecule has 150 valence electrons. The van der Waals surface area contributed by atoms with Gasteiger partial charge in [0.25, 0.3) is 0 Å². The Hall–Kier alpha value is -2.02. The first-order valence-corrected chi connectivity index (χ1v) is 12.3. The van der Waals surface area contributed by atoms with Crippen molar-refractivity contribution in [3.8, 4) is 0 Å². The molecule has 5 heterocycles. The Bertz CT molecular complexity index is 1060. The van der Waals surface area contributed by atoms with Crippen molar-refractivity contribution in [2.24, 2.45) is 0 Å². The predicted molar refractivity (Wildman–Crippen MR) is 126 cm³/mol. The molecule has 2 aliphatic rings. The minimum Gasteiger partial charge on any atom is -0.355 e. The number of nitrogens with zero attached hydrogens (tertiary/aromatic N) is 3. The third kappa shape index (κ3) is 4.29. The van der Waals surface area contributed by atoms with Gasteiger partial charge in [0.05, 0.1) is 21.4 Å². The Morgan fingerprint density at radius 3 is 2.62 bits per heavy atom. The highest BCUT2D eigenvalue weighted by Gasteiger charge is 2.24. The Kier molecular flexibility index (Phi) is 5.74. The van der Waals surface area contributed by atoms with Crippen LogP contribution in [0.2, 0.25) is 0 Å². The second-order valence-corrected chi connectivity index (χ2v) is 9.62. The topological polar surface area (TPSA) is 41.0 Å². The fourth-order valence-electron chi connectivity index (χ4n) is 4.45. The van der Waals surface area contributed by atoms with Crippen molar-refractivity contribution >= 4 is 54.5 Å². The highest BCUT2D eigenvalue weighted by atomic mass is 32.1. The fourth-order valence-corrected chi connectivity index (χ4v) is 5.87. The molecule has 29 heavy (non-hydrogen) atoms. The van der Waals surface area contributed by atoms with E-state index in [1.165, 1.54) is 56.3 Å². The summed E-state index contributed by atoms with van der Waals surface area (Å²) < 4.78 is 1.21. The number of hydrogen-bond donors (Lipinski definition) is 1. The smallest absolute Gasteiger partial charge is 0.125 e. The van der Waals surface area contributed by atoms with Gasteiger partial charge in [-0.25, -0.2) is 9.97 Å². The van der Waals surface area contributed by atoms with Crippen LogP contribution < -0.4 is 5.32 Å². The van der Waals surface area contributed by atoms with Gasteiger partial charge in [-0.2, -0.15) is 0 Å². The first kappa shape index (κ1) is 19.0. The highest BCUT2D eigenvalue weighted by molar-refractivity contribution is 7.17. The zero-order chi connectivity index (χ0) is 19.5. The number of thiazole rings is 1. The molecule has 0 aliphatic carbocycles. The predicted octanol–water partition coefficient (Wildman–Crippen LogP) is 6.67. The lowest BCUT2D eigenvalue weighted by Crippen LogP contribution is -2.42. The SMILES string of the molecule is C1CCN2CCCCC2C1.c1cc(Nc2ccc3scnc3c2)c2ccsc2n1. The summed E-state index contributed by atoms with van der Waals surface area (Å²) in [4.78, 5) is 12.5. The van der Waals surface area contributed by atoms with Gasteiger partial charge in [-0.1, -0.05) is 12.8 Å². The number of aromatic nitrogens is 2. The van der Waals surface area contributed by atoms with Crippen molar-refractivity contribution in [3.63, 3.8) is 0 Å². The van der Waals surface area contributed by atoms with Gasteiger partial charge in [-0.15, -0.1) is 22.7 Å². The number of anilines is 2. The number of piperidine rings is 2. The van der Waals surface area contributed by atoms with Gasteiger partial charge in [-0.3, -0.25) is 0 Å². The van der Waals surface area contributed by atoms with Crippen LogP contribution in [0.3, 0.4) is 0 Å². The van der Waals surface area contributed by atoms with Crippen LogP contribution in [0.25, 0.3) is 20.4 Å². The average molecular weight is 423 g/mol. The molecule has 1 aromatic carbocycles. The van der Waals surface area contributed by atoms with Crippen LogP contribution in [0, 0.1) is 0 Å². The maximum Gasteiger partial charge on any atom is 0.125 e. The van der Waals surface area contributed by atoms with E-state index in [-0.39, 0.29) is 0 Å². The monoisotopic (exact) mass is 422 g/mol. The van der Waals surface area contributed by atoms with Crippen molar-refractivity contribution in [1.82, 2.24) is 14.9 Å². The van der Waals surface area contributed by atoms with Gasteiger partial charge >= 0.3 is 0 Å². The summed E-state index contributed by atoms with van der Waals surface area (Å²) in [6.07, 6.45) is 10.7. The normalized spacial score (nSPS) is 17.7. The molecule has 2 saturated heterocycles. The molecule has 1 N–H and O–H groups in total. The summed E-state index contributed by atoms with van der Waals surface area (Å²) in [7, 11) is 0. The van der Waals surface area contributed by atoms with Crippen LogP contribution in [0.1, 0.15) is 38.5 Å². The summed E-state index contributed by atoms with van der Waals surface area (Å²) in [5.41, 5.74) is 5.04. The Morgan fingerprint density at radius 1 is 0.931 bits per heavy atom. The lowest BCUT2D eigenvalue weighted by atomic mass is 9.93. The molecular weight excluding hydrogens is 396 g/mol. The molecule has 0 atom stereocenters. The number of hydrogen-bond acceptors (Lipinski definition) is 6.